The Labute approximate surface area is 163 Å². The zero-order chi connectivity index (χ0) is 19.2. The average Bonchev–Trinajstić information content (AvgIpc) is 2.68. The van der Waals surface area contributed by atoms with Gasteiger partial charge >= 0.3 is 0 Å². The van der Waals surface area contributed by atoms with Gasteiger partial charge in [-0.25, -0.2) is 4.39 Å². The van der Waals surface area contributed by atoms with Gasteiger partial charge in [0.2, 0.25) is 5.91 Å². The number of benzene rings is 2. The molecule has 1 aliphatic heterocycles. The summed E-state index contributed by atoms with van der Waals surface area (Å²) >= 11 is 5.97. The molecule has 0 saturated carbocycles. The molecular formula is C21H22ClFN2O2. The summed E-state index contributed by atoms with van der Waals surface area (Å²) in [4.78, 5) is 26.7. The van der Waals surface area contributed by atoms with Crippen LogP contribution in [0.2, 0.25) is 5.02 Å². The fourth-order valence-corrected chi connectivity index (χ4v) is 3.53. The van der Waals surface area contributed by atoms with Crippen molar-refractivity contribution in [2.24, 2.45) is 5.92 Å². The van der Waals surface area contributed by atoms with Gasteiger partial charge in [0.15, 0.2) is 0 Å². The van der Waals surface area contributed by atoms with E-state index in [1.54, 1.807) is 4.90 Å². The van der Waals surface area contributed by atoms with Crippen LogP contribution in [0.4, 0.5) is 4.39 Å². The molecule has 1 N–H and O–H groups in total. The standard InChI is InChI=1S/C21H22ClFN2O2/c22-18-5-1-3-15(13-18)10-11-24-20(26)17-4-2-12-25(14-17)21(27)16-6-8-19(23)9-7-16/h1,3,5-9,13,17H,2,4,10-12,14H2,(H,24,26)/t17-/m1/s1. The van der Waals surface area contributed by atoms with Gasteiger partial charge < -0.3 is 10.2 Å². The van der Waals surface area contributed by atoms with Crippen LogP contribution in [-0.4, -0.2) is 36.3 Å². The summed E-state index contributed by atoms with van der Waals surface area (Å²) in [6.07, 6.45) is 2.24. The van der Waals surface area contributed by atoms with Crippen LogP contribution in [0.3, 0.4) is 0 Å². The summed E-state index contributed by atoms with van der Waals surface area (Å²) in [5, 5.41) is 3.64. The Morgan fingerprint density at radius 3 is 2.70 bits per heavy atom. The summed E-state index contributed by atoms with van der Waals surface area (Å²) < 4.78 is 13.0. The maximum Gasteiger partial charge on any atom is 0.253 e. The molecule has 0 radical (unpaired) electrons. The first-order valence-electron chi connectivity index (χ1n) is 9.10. The lowest BCUT2D eigenvalue weighted by Gasteiger charge is -2.32. The summed E-state index contributed by atoms with van der Waals surface area (Å²) in [6, 6.07) is 13.1. The minimum absolute atomic E-state index is 0.0337. The second-order valence-corrected chi connectivity index (χ2v) is 7.20. The third-order valence-corrected chi connectivity index (χ3v) is 5.01. The van der Waals surface area contributed by atoms with Gasteiger partial charge in [0.1, 0.15) is 5.82 Å². The molecule has 2 aromatic carbocycles. The molecule has 27 heavy (non-hydrogen) atoms. The number of nitrogens with one attached hydrogen (secondary N) is 1. The normalized spacial score (nSPS) is 16.8. The van der Waals surface area contributed by atoms with Crippen LogP contribution in [-0.2, 0) is 11.2 Å². The van der Waals surface area contributed by atoms with Crippen LogP contribution in [0.1, 0.15) is 28.8 Å². The predicted molar refractivity (Wildman–Crippen MR) is 103 cm³/mol. The third-order valence-electron chi connectivity index (χ3n) is 4.77. The molecule has 0 spiro atoms. The van der Waals surface area contributed by atoms with Gasteiger partial charge in [-0.15, -0.1) is 0 Å². The van der Waals surface area contributed by atoms with Crippen LogP contribution in [0.15, 0.2) is 48.5 Å². The second-order valence-electron chi connectivity index (χ2n) is 6.77. The van der Waals surface area contributed by atoms with E-state index in [4.69, 9.17) is 11.6 Å². The van der Waals surface area contributed by atoms with Crippen molar-refractivity contribution in [2.75, 3.05) is 19.6 Å². The highest BCUT2D eigenvalue weighted by molar-refractivity contribution is 6.30. The molecule has 142 valence electrons. The van der Waals surface area contributed by atoms with E-state index in [0.29, 0.717) is 36.6 Å². The number of carbonyl (C=O) groups excluding carboxylic acids is 2. The molecule has 3 rings (SSSR count). The van der Waals surface area contributed by atoms with Crippen molar-refractivity contribution in [3.05, 3.63) is 70.5 Å². The Kier molecular flexibility index (Phi) is 6.45. The Bertz CT molecular complexity index is 810. The Balaban J connectivity index is 1.51. The Morgan fingerprint density at radius 1 is 1.19 bits per heavy atom. The number of carbonyl (C=O) groups is 2. The number of rotatable bonds is 5. The minimum atomic E-state index is -0.373. The quantitative estimate of drug-likeness (QED) is 0.849. The lowest BCUT2D eigenvalue weighted by molar-refractivity contribution is -0.126. The fourth-order valence-electron chi connectivity index (χ4n) is 3.32. The molecule has 1 saturated heterocycles. The second kappa shape index (κ2) is 9.00. The molecule has 0 bridgehead atoms. The third kappa shape index (κ3) is 5.30. The van der Waals surface area contributed by atoms with Crippen molar-refractivity contribution >= 4 is 23.4 Å². The largest absolute Gasteiger partial charge is 0.355 e. The van der Waals surface area contributed by atoms with Gasteiger partial charge in [-0.05, 0) is 61.2 Å². The predicted octanol–water partition coefficient (Wildman–Crippen LogP) is 3.69. The Morgan fingerprint density at radius 2 is 1.96 bits per heavy atom. The van der Waals surface area contributed by atoms with E-state index in [1.165, 1.54) is 24.3 Å². The number of piperidine rings is 1. The van der Waals surface area contributed by atoms with E-state index < -0.39 is 0 Å². The van der Waals surface area contributed by atoms with Crippen molar-refractivity contribution in [2.45, 2.75) is 19.3 Å². The van der Waals surface area contributed by atoms with Gasteiger partial charge in [0, 0.05) is 30.2 Å². The number of nitrogens with zero attached hydrogens (tertiary/aromatic N) is 1. The summed E-state index contributed by atoms with van der Waals surface area (Å²) in [5.41, 5.74) is 1.51. The number of amides is 2. The molecule has 6 heteroatoms. The summed E-state index contributed by atoms with van der Waals surface area (Å²) in [6.45, 7) is 1.53. The molecule has 0 aliphatic carbocycles. The smallest absolute Gasteiger partial charge is 0.253 e. The van der Waals surface area contributed by atoms with Crippen LogP contribution in [0, 0.1) is 11.7 Å². The number of hydrogen-bond donors (Lipinski definition) is 1. The first kappa shape index (κ1) is 19.4. The van der Waals surface area contributed by atoms with Gasteiger partial charge in [0.25, 0.3) is 5.91 Å². The van der Waals surface area contributed by atoms with Crippen LogP contribution in [0.5, 0.6) is 0 Å². The highest BCUT2D eigenvalue weighted by atomic mass is 35.5. The van der Waals surface area contributed by atoms with E-state index in [1.807, 2.05) is 24.3 Å². The van der Waals surface area contributed by atoms with Crippen LogP contribution >= 0.6 is 11.6 Å². The number of hydrogen-bond acceptors (Lipinski definition) is 2. The summed E-state index contributed by atoms with van der Waals surface area (Å²) in [5.74, 6) is -0.787. The van der Waals surface area contributed by atoms with Gasteiger partial charge in [0.05, 0.1) is 5.92 Å². The van der Waals surface area contributed by atoms with Crippen LogP contribution in [0.25, 0.3) is 0 Å². The maximum absolute atomic E-state index is 13.0. The zero-order valence-electron chi connectivity index (χ0n) is 15.0. The monoisotopic (exact) mass is 388 g/mol. The lowest BCUT2D eigenvalue weighted by atomic mass is 9.96. The number of halogens is 2. The van der Waals surface area contributed by atoms with Crippen molar-refractivity contribution in [3.63, 3.8) is 0 Å². The highest BCUT2D eigenvalue weighted by Gasteiger charge is 2.28. The van der Waals surface area contributed by atoms with Crippen molar-refractivity contribution < 1.29 is 14.0 Å². The average molecular weight is 389 g/mol. The van der Waals surface area contributed by atoms with Crippen molar-refractivity contribution in [1.82, 2.24) is 10.2 Å². The SMILES string of the molecule is O=C(NCCc1cccc(Cl)c1)[C@@H]1CCCN(C(=O)c2ccc(F)cc2)C1. The van der Waals surface area contributed by atoms with Crippen molar-refractivity contribution in [1.29, 1.82) is 0 Å². The van der Waals surface area contributed by atoms with E-state index in [9.17, 15) is 14.0 Å². The van der Waals surface area contributed by atoms with Gasteiger partial charge in [-0.1, -0.05) is 23.7 Å². The van der Waals surface area contributed by atoms with E-state index in [2.05, 4.69) is 5.32 Å². The Hall–Kier alpha value is -2.40. The molecule has 1 atom stereocenters. The number of likely N-dealkylation sites (tertiary alicyclic amines) is 1. The fraction of sp³-hybridized carbons (Fsp3) is 0.333. The van der Waals surface area contributed by atoms with Crippen molar-refractivity contribution in [3.8, 4) is 0 Å². The molecule has 1 heterocycles. The first-order valence-corrected chi connectivity index (χ1v) is 9.48. The molecular weight excluding hydrogens is 367 g/mol. The molecule has 1 fully saturated rings. The minimum Gasteiger partial charge on any atom is -0.355 e. The van der Waals surface area contributed by atoms with Gasteiger partial charge in [-0.3, -0.25) is 9.59 Å². The molecule has 2 amide bonds. The molecule has 4 nitrogen and oxygen atoms in total. The highest BCUT2D eigenvalue weighted by Crippen LogP contribution is 2.19. The zero-order valence-corrected chi connectivity index (χ0v) is 15.7. The molecule has 1 aliphatic rings. The topological polar surface area (TPSA) is 49.4 Å². The summed E-state index contributed by atoms with van der Waals surface area (Å²) in [7, 11) is 0. The van der Waals surface area contributed by atoms with Crippen LogP contribution < -0.4 is 5.32 Å². The van der Waals surface area contributed by atoms with Gasteiger partial charge in [-0.2, -0.15) is 0 Å². The van der Waals surface area contributed by atoms with E-state index in [-0.39, 0.29) is 23.5 Å². The molecule has 2 aromatic rings. The maximum atomic E-state index is 13.0. The molecule has 0 aromatic heterocycles. The first-order chi connectivity index (χ1) is 13.0. The molecule has 0 unspecified atom stereocenters. The van der Waals surface area contributed by atoms with E-state index in [0.717, 1.165) is 18.4 Å². The van der Waals surface area contributed by atoms with E-state index >= 15 is 0 Å². The lowest BCUT2D eigenvalue weighted by Crippen LogP contribution is -2.45.